The number of hydrogen-bond donors (Lipinski definition) is 2. The molecule has 242 valence electrons. The number of rotatable bonds is 7. The molecule has 0 saturated heterocycles. The summed E-state index contributed by atoms with van der Waals surface area (Å²) in [6.07, 6.45) is 34.1. The highest BCUT2D eigenvalue weighted by Gasteiger charge is 2.53. The monoisotopic (exact) mass is 583 g/mol. The Balaban J connectivity index is 1.29. The van der Waals surface area contributed by atoms with Crippen LogP contribution in [0.15, 0.2) is 0 Å². The lowest BCUT2D eigenvalue weighted by Crippen LogP contribution is -2.52. The molecule has 0 aromatic heterocycles. The first-order valence-electron chi connectivity index (χ1n) is 19.9. The quantitative estimate of drug-likeness (QED) is 0.313. The molecule has 6 fully saturated rings. The summed E-state index contributed by atoms with van der Waals surface area (Å²) in [5, 5.41) is 24.3. The summed E-state index contributed by atoms with van der Waals surface area (Å²) in [6, 6.07) is 0. The van der Waals surface area contributed by atoms with E-state index in [4.69, 9.17) is 0 Å². The van der Waals surface area contributed by atoms with Crippen LogP contribution in [0.5, 0.6) is 0 Å². The smallest absolute Gasteiger partial charge is 0.0602 e. The van der Waals surface area contributed by atoms with Gasteiger partial charge in [-0.05, 0) is 90.3 Å². The van der Waals surface area contributed by atoms with Gasteiger partial charge in [-0.3, -0.25) is 0 Å². The van der Waals surface area contributed by atoms with Gasteiger partial charge < -0.3 is 10.2 Å². The van der Waals surface area contributed by atoms with Crippen molar-refractivity contribution in [1.29, 1.82) is 0 Å². The van der Waals surface area contributed by atoms with Gasteiger partial charge in [0.25, 0.3) is 0 Å². The molecular weight excluding hydrogens is 512 g/mol. The highest BCUT2D eigenvalue weighted by Crippen LogP contribution is 2.59. The summed E-state index contributed by atoms with van der Waals surface area (Å²) in [6.45, 7) is 5.27. The largest absolute Gasteiger partial charge is 0.393 e. The fraction of sp³-hybridized carbons (Fsp3) is 1.00. The molecule has 2 nitrogen and oxygen atoms in total. The van der Waals surface area contributed by atoms with Gasteiger partial charge in [-0.15, -0.1) is 0 Å². The van der Waals surface area contributed by atoms with Crippen LogP contribution in [-0.2, 0) is 0 Å². The molecule has 0 radical (unpaired) electrons. The van der Waals surface area contributed by atoms with Crippen molar-refractivity contribution in [1.82, 2.24) is 0 Å². The van der Waals surface area contributed by atoms with Crippen molar-refractivity contribution in [3.8, 4) is 0 Å². The summed E-state index contributed by atoms with van der Waals surface area (Å²) < 4.78 is 0. The van der Waals surface area contributed by atoms with Gasteiger partial charge in [0.2, 0.25) is 0 Å². The molecule has 2 N–H and O–H groups in total. The van der Waals surface area contributed by atoms with E-state index >= 15 is 0 Å². The fourth-order valence-electron chi connectivity index (χ4n) is 12.8. The summed E-state index contributed by atoms with van der Waals surface area (Å²) in [5.74, 6) is 6.73. The Morgan fingerprint density at radius 2 is 0.667 bits per heavy atom. The van der Waals surface area contributed by atoms with E-state index in [-0.39, 0.29) is 12.2 Å². The number of aliphatic hydroxyl groups excluding tert-OH is 2. The predicted octanol–water partition coefficient (Wildman–Crippen LogP) is 10.7. The fourth-order valence-corrected chi connectivity index (χ4v) is 12.8. The molecule has 0 amide bonds. The molecule has 0 heterocycles. The van der Waals surface area contributed by atoms with Gasteiger partial charge in [-0.2, -0.15) is 0 Å². The molecule has 0 spiro atoms. The van der Waals surface area contributed by atoms with Crippen molar-refractivity contribution in [2.45, 2.75) is 187 Å². The maximum absolute atomic E-state index is 12.1. The molecule has 4 unspecified atom stereocenters. The molecule has 2 heteroatoms. The van der Waals surface area contributed by atoms with Crippen molar-refractivity contribution < 1.29 is 10.2 Å². The van der Waals surface area contributed by atoms with E-state index in [9.17, 15) is 10.2 Å². The molecule has 6 saturated carbocycles. The van der Waals surface area contributed by atoms with Crippen LogP contribution in [0.25, 0.3) is 0 Å². The Hall–Kier alpha value is -0.0800. The van der Waals surface area contributed by atoms with Crippen molar-refractivity contribution >= 4 is 0 Å². The van der Waals surface area contributed by atoms with Crippen molar-refractivity contribution in [3.63, 3.8) is 0 Å². The predicted molar refractivity (Wildman–Crippen MR) is 176 cm³/mol. The first-order valence-corrected chi connectivity index (χ1v) is 19.9. The molecule has 0 aromatic rings. The standard InChI is InChI=1S/C40H70O2/c1-3-40(2,32-24-34(28-16-8-4-9-17-28)38(41)35(25-32)29-18-10-5-11-19-29)33-26-36(30-20-12-6-13-21-30)39(42)37(27-33)31-22-14-7-15-23-31/h28-39,41-42H,3-27H2,1-2H3. The highest BCUT2D eigenvalue weighted by atomic mass is 16.3. The molecule has 6 aliphatic rings. The van der Waals surface area contributed by atoms with Crippen LogP contribution in [0.1, 0.15) is 174 Å². The Bertz CT molecular complexity index is 680. The second kappa shape index (κ2) is 14.6. The van der Waals surface area contributed by atoms with E-state index in [1.165, 1.54) is 161 Å². The Morgan fingerprint density at radius 3 is 0.881 bits per heavy atom. The lowest BCUT2D eigenvalue weighted by Gasteiger charge is -2.57. The van der Waals surface area contributed by atoms with Crippen molar-refractivity contribution in [3.05, 3.63) is 0 Å². The molecule has 4 atom stereocenters. The second-order valence-electron chi connectivity index (χ2n) is 17.4. The van der Waals surface area contributed by atoms with E-state index in [2.05, 4.69) is 13.8 Å². The average molecular weight is 583 g/mol. The van der Waals surface area contributed by atoms with Crippen LogP contribution in [0.4, 0.5) is 0 Å². The second-order valence-corrected chi connectivity index (χ2v) is 17.4. The minimum Gasteiger partial charge on any atom is -0.393 e. The van der Waals surface area contributed by atoms with Crippen molar-refractivity contribution in [2.24, 2.45) is 64.6 Å². The molecular formula is C40H70O2. The lowest BCUT2D eigenvalue weighted by molar-refractivity contribution is -0.125. The lowest BCUT2D eigenvalue weighted by atomic mass is 9.49. The maximum Gasteiger partial charge on any atom is 0.0602 e. The first-order chi connectivity index (χ1) is 20.5. The third-order valence-corrected chi connectivity index (χ3v) is 15.6. The molecule has 6 aliphatic carbocycles. The molecule has 0 aliphatic heterocycles. The molecule has 42 heavy (non-hydrogen) atoms. The van der Waals surface area contributed by atoms with Crippen LogP contribution in [0.2, 0.25) is 0 Å². The molecule has 0 aromatic carbocycles. The minimum atomic E-state index is -0.0493. The van der Waals surface area contributed by atoms with E-state index in [1.807, 2.05) is 0 Å². The third-order valence-electron chi connectivity index (χ3n) is 15.6. The summed E-state index contributed by atoms with van der Waals surface area (Å²) >= 11 is 0. The van der Waals surface area contributed by atoms with Gasteiger partial charge in [0.1, 0.15) is 0 Å². The third kappa shape index (κ3) is 6.71. The SMILES string of the molecule is CCC(C)(C1CC(C2CCCCC2)C(O)C(C2CCCCC2)C1)C1CC(C2CCCCC2)C(O)C(C2CCCCC2)C1. The zero-order valence-corrected chi connectivity index (χ0v) is 28.0. The van der Waals surface area contributed by atoms with Crippen LogP contribution >= 0.6 is 0 Å². The van der Waals surface area contributed by atoms with Gasteiger partial charge in [-0.25, -0.2) is 0 Å². The number of aliphatic hydroxyl groups is 2. The average Bonchev–Trinajstić information content (AvgIpc) is 3.06. The highest BCUT2D eigenvalue weighted by molar-refractivity contribution is 5.03. The topological polar surface area (TPSA) is 40.5 Å². The summed E-state index contributed by atoms with van der Waals surface area (Å²) in [7, 11) is 0. The Labute approximate surface area is 261 Å². The molecule has 6 rings (SSSR count). The first kappa shape index (κ1) is 31.9. The zero-order valence-electron chi connectivity index (χ0n) is 28.0. The Morgan fingerprint density at radius 1 is 0.429 bits per heavy atom. The minimum absolute atomic E-state index is 0.0493. The van der Waals surface area contributed by atoms with Gasteiger partial charge in [0, 0.05) is 0 Å². The maximum atomic E-state index is 12.1. The normalized spacial score (nSPS) is 42.3. The van der Waals surface area contributed by atoms with E-state index < -0.39 is 0 Å². The zero-order chi connectivity index (χ0) is 29.1. The van der Waals surface area contributed by atoms with E-state index in [0.717, 1.165) is 35.5 Å². The van der Waals surface area contributed by atoms with Crippen LogP contribution in [0.3, 0.4) is 0 Å². The summed E-state index contributed by atoms with van der Waals surface area (Å²) in [4.78, 5) is 0. The van der Waals surface area contributed by atoms with Crippen LogP contribution in [-0.4, -0.2) is 22.4 Å². The number of hydrogen-bond acceptors (Lipinski definition) is 2. The van der Waals surface area contributed by atoms with Crippen LogP contribution in [0, 0.1) is 64.6 Å². The van der Waals surface area contributed by atoms with E-state index in [1.54, 1.807) is 0 Å². The van der Waals surface area contributed by atoms with Gasteiger partial charge in [-0.1, -0.05) is 149 Å². The summed E-state index contributed by atoms with van der Waals surface area (Å²) in [5.41, 5.74) is 0.347. The van der Waals surface area contributed by atoms with E-state index in [0.29, 0.717) is 29.1 Å². The van der Waals surface area contributed by atoms with Gasteiger partial charge >= 0.3 is 0 Å². The van der Waals surface area contributed by atoms with Crippen molar-refractivity contribution in [2.75, 3.05) is 0 Å². The van der Waals surface area contributed by atoms with Crippen LogP contribution < -0.4 is 0 Å². The molecule has 0 bridgehead atoms. The Kier molecular flexibility index (Phi) is 11.1. The van der Waals surface area contributed by atoms with Gasteiger partial charge in [0.05, 0.1) is 12.2 Å². The van der Waals surface area contributed by atoms with Gasteiger partial charge in [0.15, 0.2) is 0 Å².